The highest BCUT2D eigenvalue weighted by molar-refractivity contribution is 6.29. The van der Waals surface area contributed by atoms with Crippen LogP contribution in [0, 0.1) is 6.92 Å². The summed E-state index contributed by atoms with van der Waals surface area (Å²) in [6.07, 6.45) is 0. The summed E-state index contributed by atoms with van der Waals surface area (Å²) >= 11 is 10.1. The van der Waals surface area contributed by atoms with Crippen LogP contribution < -0.4 is 5.32 Å². The summed E-state index contributed by atoms with van der Waals surface area (Å²) in [7, 11) is 0. The van der Waals surface area contributed by atoms with E-state index >= 15 is 0 Å². The van der Waals surface area contributed by atoms with Crippen LogP contribution >= 0.6 is 23.2 Å². The van der Waals surface area contributed by atoms with Gasteiger partial charge in [0.15, 0.2) is 0 Å². The van der Waals surface area contributed by atoms with Crippen LogP contribution in [0.4, 0.5) is 14.5 Å². The van der Waals surface area contributed by atoms with Crippen LogP contribution in [0.15, 0.2) is 18.2 Å². The molecule has 3 nitrogen and oxygen atoms in total. The average Bonchev–Trinajstić information content (AvgIpc) is 2.30. The number of rotatable bonds is 6. The lowest BCUT2D eigenvalue weighted by Crippen LogP contribution is -2.17. The third kappa shape index (κ3) is 6.18. The Morgan fingerprint density at radius 3 is 2.74 bits per heavy atom. The highest BCUT2D eigenvalue weighted by Crippen LogP contribution is 2.22. The number of carbonyl (C=O) groups is 1. The minimum Gasteiger partial charge on any atom is -0.369 e. The molecular formula is C12H13Cl2F2NO2. The number of alkyl halides is 4. The van der Waals surface area contributed by atoms with Gasteiger partial charge in [0.05, 0.1) is 6.61 Å². The third-order valence-corrected chi connectivity index (χ3v) is 2.54. The molecule has 0 fully saturated rings. The van der Waals surface area contributed by atoms with Gasteiger partial charge in [-0.2, -0.15) is 8.78 Å². The molecule has 0 radical (unpaired) electrons. The first-order valence-corrected chi connectivity index (χ1v) is 6.33. The van der Waals surface area contributed by atoms with Gasteiger partial charge in [0.25, 0.3) is 0 Å². The topological polar surface area (TPSA) is 38.3 Å². The van der Waals surface area contributed by atoms with E-state index < -0.39 is 12.0 Å². The van der Waals surface area contributed by atoms with E-state index in [0.29, 0.717) is 11.3 Å². The number of amides is 1. The SMILES string of the molecule is Cc1ccc(COCC(F)(F)Cl)c(NC(=O)CCl)c1. The van der Waals surface area contributed by atoms with Gasteiger partial charge in [-0.25, -0.2) is 0 Å². The summed E-state index contributed by atoms with van der Waals surface area (Å²) in [5.41, 5.74) is 1.98. The Hall–Kier alpha value is -0.910. The maximum Gasteiger partial charge on any atom is 0.344 e. The van der Waals surface area contributed by atoms with E-state index in [1.807, 2.05) is 6.92 Å². The Morgan fingerprint density at radius 2 is 2.16 bits per heavy atom. The van der Waals surface area contributed by atoms with Crippen LogP contribution in [0.3, 0.4) is 0 Å². The smallest absolute Gasteiger partial charge is 0.344 e. The van der Waals surface area contributed by atoms with E-state index in [0.717, 1.165) is 5.56 Å². The molecule has 19 heavy (non-hydrogen) atoms. The normalized spacial score (nSPS) is 11.4. The molecule has 0 aliphatic rings. The number of ether oxygens (including phenoxy) is 1. The lowest BCUT2D eigenvalue weighted by molar-refractivity contribution is -0.113. The highest BCUT2D eigenvalue weighted by Gasteiger charge is 2.24. The Morgan fingerprint density at radius 1 is 1.47 bits per heavy atom. The quantitative estimate of drug-likeness (QED) is 0.816. The van der Waals surface area contributed by atoms with Gasteiger partial charge in [-0.3, -0.25) is 4.79 Å². The number of hydrogen-bond donors (Lipinski definition) is 1. The largest absolute Gasteiger partial charge is 0.369 e. The van der Waals surface area contributed by atoms with Crippen molar-refractivity contribution >= 4 is 34.8 Å². The molecule has 0 saturated heterocycles. The molecule has 1 amide bonds. The summed E-state index contributed by atoms with van der Waals surface area (Å²) in [6, 6.07) is 5.18. The minimum atomic E-state index is -3.40. The molecule has 0 saturated carbocycles. The fourth-order valence-electron chi connectivity index (χ4n) is 1.39. The van der Waals surface area contributed by atoms with Crippen molar-refractivity contribution in [3.8, 4) is 0 Å². The van der Waals surface area contributed by atoms with Crippen LogP contribution in [-0.2, 0) is 16.1 Å². The Bertz CT molecular complexity index is 450. The number of benzene rings is 1. The summed E-state index contributed by atoms with van der Waals surface area (Å²) in [5.74, 6) is -0.565. The van der Waals surface area contributed by atoms with Crippen molar-refractivity contribution in [2.45, 2.75) is 18.9 Å². The van der Waals surface area contributed by atoms with Crippen molar-refractivity contribution in [3.05, 3.63) is 29.3 Å². The fraction of sp³-hybridized carbons (Fsp3) is 0.417. The zero-order valence-corrected chi connectivity index (χ0v) is 11.7. The van der Waals surface area contributed by atoms with Crippen molar-refractivity contribution in [2.75, 3.05) is 17.8 Å². The van der Waals surface area contributed by atoms with E-state index in [1.54, 1.807) is 18.2 Å². The molecule has 1 aromatic rings. The number of anilines is 1. The average molecular weight is 312 g/mol. The van der Waals surface area contributed by atoms with Crippen LogP contribution in [0.1, 0.15) is 11.1 Å². The molecule has 1 rings (SSSR count). The van der Waals surface area contributed by atoms with E-state index in [2.05, 4.69) is 5.32 Å². The first-order chi connectivity index (χ1) is 8.81. The van der Waals surface area contributed by atoms with Crippen LogP contribution in [0.5, 0.6) is 0 Å². The standard InChI is InChI=1S/C12H13Cl2F2NO2/c1-8-2-3-9(6-19-7-12(14,15)16)10(4-8)17-11(18)5-13/h2-4H,5-7H2,1H3,(H,17,18). The molecule has 1 aromatic carbocycles. The molecule has 0 heterocycles. The van der Waals surface area contributed by atoms with Crippen molar-refractivity contribution in [2.24, 2.45) is 0 Å². The molecule has 1 N–H and O–H groups in total. The zero-order chi connectivity index (χ0) is 14.5. The molecule has 0 spiro atoms. The lowest BCUT2D eigenvalue weighted by atomic mass is 10.1. The molecular weight excluding hydrogens is 299 g/mol. The summed E-state index contributed by atoms with van der Waals surface area (Å²) in [5, 5.41) is -0.821. The van der Waals surface area contributed by atoms with E-state index in [-0.39, 0.29) is 18.4 Å². The Balaban J connectivity index is 2.73. The van der Waals surface area contributed by atoms with Gasteiger partial charge < -0.3 is 10.1 Å². The molecule has 0 bridgehead atoms. The molecule has 0 aromatic heterocycles. The molecule has 106 valence electrons. The highest BCUT2D eigenvalue weighted by atomic mass is 35.5. The Labute approximate surface area is 119 Å². The maximum absolute atomic E-state index is 12.4. The maximum atomic E-state index is 12.4. The first-order valence-electron chi connectivity index (χ1n) is 5.41. The number of hydrogen-bond acceptors (Lipinski definition) is 2. The van der Waals surface area contributed by atoms with Crippen molar-refractivity contribution in [1.82, 2.24) is 0 Å². The van der Waals surface area contributed by atoms with Gasteiger partial charge in [0, 0.05) is 11.3 Å². The molecule has 0 aliphatic carbocycles. The van der Waals surface area contributed by atoms with Gasteiger partial charge >= 0.3 is 5.38 Å². The van der Waals surface area contributed by atoms with Gasteiger partial charge in [0.1, 0.15) is 12.5 Å². The second-order valence-electron chi connectivity index (χ2n) is 3.95. The zero-order valence-electron chi connectivity index (χ0n) is 10.2. The second kappa shape index (κ2) is 7.03. The number of carbonyl (C=O) groups excluding carboxylic acids is 1. The third-order valence-electron chi connectivity index (χ3n) is 2.18. The van der Waals surface area contributed by atoms with Gasteiger partial charge in [0.2, 0.25) is 5.91 Å². The summed E-state index contributed by atoms with van der Waals surface area (Å²) < 4.78 is 29.6. The molecule has 0 atom stereocenters. The van der Waals surface area contributed by atoms with Crippen molar-refractivity contribution in [1.29, 1.82) is 0 Å². The van der Waals surface area contributed by atoms with Gasteiger partial charge in [-0.15, -0.1) is 11.6 Å². The van der Waals surface area contributed by atoms with Crippen molar-refractivity contribution < 1.29 is 18.3 Å². The monoisotopic (exact) mass is 311 g/mol. The van der Waals surface area contributed by atoms with E-state index in [1.165, 1.54) is 0 Å². The number of halogens is 4. The molecule has 7 heteroatoms. The van der Waals surface area contributed by atoms with Gasteiger partial charge in [-0.05, 0) is 30.2 Å². The summed E-state index contributed by atoms with van der Waals surface area (Å²) in [4.78, 5) is 11.3. The van der Waals surface area contributed by atoms with Crippen molar-refractivity contribution in [3.63, 3.8) is 0 Å². The first kappa shape index (κ1) is 16.1. The molecule has 0 aliphatic heterocycles. The lowest BCUT2D eigenvalue weighted by Gasteiger charge is -2.13. The Kier molecular flexibility index (Phi) is 5.97. The number of nitrogens with one attached hydrogen (secondary N) is 1. The minimum absolute atomic E-state index is 0.0828. The van der Waals surface area contributed by atoms with Crippen LogP contribution in [0.25, 0.3) is 0 Å². The second-order valence-corrected chi connectivity index (χ2v) is 4.77. The fourth-order valence-corrected chi connectivity index (χ4v) is 1.54. The van der Waals surface area contributed by atoms with E-state index in [9.17, 15) is 13.6 Å². The summed E-state index contributed by atoms with van der Waals surface area (Å²) in [6.45, 7) is 0.861. The molecule has 0 unspecified atom stereocenters. The predicted octanol–water partition coefficient (Wildman–Crippen LogP) is 3.52. The predicted molar refractivity (Wildman–Crippen MR) is 71.0 cm³/mol. The van der Waals surface area contributed by atoms with Gasteiger partial charge in [-0.1, -0.05) is 12.1 Å². The van der Waals surface area contributed by atoms with E-state index in [4.69, 9.17) is 27.9 Å². The van der Waals surface area contributed by atoms with Crippen LogP contribution in [0.2, 0.25) is 0 Å². The number of aryl methyl sites for hydroxylation is 1. The van der Waals surface area contributed by atoms with Crippen LogP contribution in [-0.4, -0.2) is 23.8 Å².